The van der Waals surface area contributed by atoms with E-state index in [-0.39, 0.29) is 24.3 Å². The van der Waals surface area contributed by atoms with E-state index < -0.39 is 0 Å². The lowest BCUT2D eigenvalue weighted by atomic mass is 9.96. The van der Waals surface area contributed by atoms with E-state index in [0.29, 0.717) is 37.4 Å². The zero-order valence-corrected chi connectivity index (χ0v) is 14.2. The first-order chi connectivity index (χ1) is 12.1. The van der Waals surface area contributed by atoms with Crippen LogP contribution in [0.1, 0.15) is 12.8 Å². The largest absolute Gasteiger partial charge is 0.484 e. The number of aromatic nitrogens is 2. The predicted octanol–water partition coefficient (Wildman–Crippen LogP) is 1.68. The van der Waals surface area contributed by atoms with Crippen LogP contribution in [0.4, 0.5) is 5.69 Å². The molecule has 0 bridgehead atoms. The highest BCUT2D eigenvalue weighted by Gasteiger charge is 2.27. The van der Waals surface area contributed by atoms with Crippen LogP contribution in [0.2, 0.25) is 0 Å². The standard InChI is InChI=1S/C18H22N4O3/c1-21-12-15(11-19-21)20-18(24)14-7-9-22(10-8-14)17(23)13-25-16-5-3-2-4-6-16/h2-6,11-12,14H,7-10,13H2,1H3,(H,20,24). The number of piperidine rings is 1. The Morgan fingerprint density at radius 2 is 1.96 bits per heavy atom. The van der Waals surface area contributed by atoms with Crippen LogP contribution in [0.15, 0.2) is 42.7 Å². The third-order valence-electron chi connectivity index (χ3n) is 4.30. The van der Waals surface area contributed by atoms with Crippen molar-refractivity contribution in [1.29, 1.82) is 0 Å². The van der Waals surface area contributed by atoms with Gasteiger partial charge in [0.25, 0.3) is 5.91 Å². The van der Waals surface area contributed by atoms with Crippen molar-refractivity contribution >= 4 is 17.5 Å². The topological polar surface area (TPSA) is 76.5 Å². The Kier molecular flexibility index (Phi) is 5.33. The fourth-order valence-corrected chi connectivity index (χ4v) is 2.87. The monoisotopic (exact) mass is 342 g/mol. The average Bonchev–Trinajstić information content (AvgIpc) is 3.05. The van der Waals surface area contributed by atoms with Gasteiger partial charge >= 0.3 is 0 Å². The fraction of sp³-hybridized carbons (Fsp3) is 0.389. The summed E-state index contributed by atoms with van der Waals surface area (Å²) < 4.78 is 7.14. The first kappa shape index (κ1) is 17.0. The van der Waals surface area contributed by atoms with Crippen LogP contribution < -0.4 is 10.1 Å². The van der Waals surface area contributed by atoms with E-state index in [9.17, 15) is 9.59 Å². The SMILES string of the molecule is Cn1cc(NC(=O)C2CCN(C(=O)COc3ccccc3)CC2)cn1. The second kappa shape index (κ2) is 7.83. The molecule has 0 atom stereocenters. The molecule has 132 valence electrons. The normalized spacial score (nSPS) is 15.0. The van der Waals surface area contributed by atoms with Crippen LogP contribution in [0.5, 0.6) is 5.75 Å². The van der Waals surface area contributed by atoms with E-state index in [2.05, 4.69) is 10.4 Å². The van der Waals surface area contributed by atoms with Crippen molar-refractivity contribution in [2.45, 2.75) is 12.8 Å². The van der Waals surface area contributed by atoms with Crippen molar-refractivity contribution in [2.24, 2.45) is 13.0 Å². The first-order valence-electron chi connectivity index (χ1n) is 8.37. The summed E-state index contributed by atoms with van der Waals surface area (Å²) in [6, 6.07) is 9.28. The molecule has 0 spiro atoms. The molecule has 0 unspecified atom stereocenters. The molecular weight excluding hydrogens is 320 g/mol. The molecule has 7 heteroatoms. The van der Waals surface area contributed by atoms with Gasteiger partial charge in [-0.2, -0.15) is 5.10 Å². The quantitative estimate of drug-likeness (QED) is 0.897. The molecule has 0 saturated carbocycles. The number of benzene rings is 1. The van der Waals surface area contributed by atoms with Crippen LogP contribution >= 0.6 is 0 Å². The van der Waals surface area contributed by atoms with Gasteiger partial charge in [-0.15, -0.1) is 0 Å². The van der Waals surface area contributed by atoms with Gasteiger partial charge in [0, 0.05) is 32.3 Å². The minimum absolute atomic E-state index is 0.0133. The summed E-state index contributed by atoms with van der Waals surface area (Å²) in [5.41, 5.74) is 0.697. The molecule has 0 aliphatic carbocycles. The van der Waals surface area contributed by atoms with Gasteiger partial charge in [0.1, 0.15) is 5.75 Å². The number of carbonyl (C=O) groups excluding carboxylic acids is 2. The number of nitrogens with one attached hydrogen (secondary N) is 1. The number of amides is 2. The molecule has 1 aromatic heterocycles. The summed E-state index contributed by atoms with van der Waals surface area (Å²) in [6.07, 6.45) is 4.70. The summed E-state index contributed by atoms with van der Waals surface area (Å²) in [5.74, 6) is 0.538. The summed E-state index contributed by atoms with van der Waals surface area (Å²) in [4.78, 5) is 26.3. The Morgan fingerprint density at radius 1 is 1.24 bits per heavy atom. The smallest absolute Gasteiger partial charge is 0.260 e. The van der Waals surface area contributed by atoms with Crippen molar-refractivity contribution in [1.82, 2.24) is 14.7 Å². The Labute approximate surface area is 146 Å². The van der Waals surface area contributed by atoms with Crippen molar-refractivity contribution in [3.63, 3.8) is 0 Å². The molecule has 2 amide bonds. The third kappa shape index (κ3) is 4.59. The molecule has 3 rings (SSSR count). The molecule has 1 aromatic carbocycles. The predicted molar refractivity (Wildman–Crippen MR) is 93.1 cm³/mol. The maximum atomic E-state index is 12.3. The van der Waals surface area contributed by atoms with E-state index in [1.165, 1.54) is 0 Å². The Hall–Kier alpha value is -2.83. The highest BCUT2D eigenvalue weighted by Crippen LogP contribution is 2.20. The lowest BCUT2D eigenvalue weighted by Gasteiger charge is -2.31. The van der Waals surface area contributed by atoms with Gasteiger partial charge in [0.15, 0.2) is 6.61 Å². The van der Waals surface area contributed by atoms with Gasteiger partial charge in [-0.25, -0.2) is 0 Å². The van der Waals surface area contributed by atoms with E-state index in [1.54, 1.807) is 29.0 Å². The second-order valence-electron chi connectivity index (χ2n) is 6.15. The number of hydrogen-bond donors (Lipinski definition) is 1. The van der Waals surface area contributed by atoms with Gasteiger partial charge in [-0.3, -0.25) is 14.3 Å². The maximum Gasteiger partial charge on any atom is 0.260 e. The molecule has 0 radical (unpaired) electrons. The minimum Gasteiger partial charge on any atom is -0.484 e. The number of nitrogens with zero attached hydrogens (tertiary/aromatic N) is 3. The van der Waals surface area contributed by atoms with E-state index in [0.717, 1.165) is 0 Å². The highest BCUT2D eigenvalue weighted by atomic mass is 16.5. The van der Waals surface area contributed by atoms with Crippen molar-refractivity contribution < 1.29 is 14.3 Å². The Balaban J connectivity index is 1.43. The van der Waals surface area contributed by atoms with Crippen molar-refractivity contribution in [3.8, 4) is 5.75 Å². The number of ether oxygens (including phenoxy) is 1. The minimum atomic E-state index is -0.0840. The molecule has 1 fully saturated rings. The van der Waals surface area contributed by atoms with Crippen LogP contribution in [0.25, 0.3) is 0 Å². The molecule has 1 aliphatic rings. The van der Waals surface area contributed by atoms with Crippen LogP contribution in [-0.4, -0.2) is 46.2 Å². The summed E-state index contributed by atoms with van der Waals surface area (Å²) in [5, 5.41) is 6.90. The highest BCUT2D eigenvalue weighted by molar-refractivity contribution is 5.92. The average molecular weight is 342 g/mol. The lowest BCUT2D eigenvalue weighted by molar-refractivity contribution is -0.136. The third-order valence-corrected chi connectivity index (χ3v) is 4.30. The second-order valence-corrected chi connectivity index (χ2v) is 6.15. The number of para-hydroxylation sites is 1. The number of hydrogen-bond acceptors (Lipinski definition) is 4. The van der Waals surface area contributed by atoms with Gasteiger partial charge in [-0.1, -0.05) is 18.2 Å². The van der Waals surface area contributed by atoms with Gasteiger partial charge in [0.2, 0.25) is 5.91 Å². The molecular formula is C18H22N4O3. The summed E-state index contributed by atoms with van der Waals surface area (Å²) in [6.45, 7) is 1.17. The zero-order chi connectivity index (χ0) is 17.6. The molecule has 1 N–H and O–H groups in total. The molecule has 1 aliphatic heterocycles. The fourth-order valence-electron chi connectivity index (χ4n) is 2.87. The number of carbonyl (C=O) groups is 2. The number of rotatable bonds is 5. The number of anilines is 1. The van der Waals surface area contributed by atoms with Crippen molar-refractivity contribution in [2.75, 3.05) is 25.0 Å². The zero-order valence-electron chi connectivity index (χ0n) is 14.2. The lowest BCUT2D eigenvalue weighted by Crippen LogP contribution is -2.43. The van der Waals surface area contributed by atoms with Crippen LogP contribution in [0.3, 0.4) is 0 Å². The number of aryl methyl sites for hydroxylation is 1. The molecule has 2 heterocycles. The Bertz CT molecular complexity index is 721. The van der Waals surface area contributed by atoms with Gasteiger partial charge in [0.05, 0.1) is 11.9 Å². The number of likely N-dealkylation sites (tertiary alicyclic amines) is 1. The van der Waals surface area contributed by atoms with E-state index in [1.807, 2.05) is 30.3 Å². The molecule has 2 aromatic rings. The molecule has 7 nitrogen and oxygen atoms in total. The maximum absolute atomic E-state index is 12.3. The molecule has 25 heavy (non-hydrogen) atoms. The summed E-state index contributed by atoms with van der Waals surface area (Å²) in [7, 11) is 1.80. The van der Waals surface area contributed by atoms with Crippen molar-refractivity contribution in [3.05, 3.63) is 42.7 Å². The van der Waals surface area contributed by atoms with Crippen LogP contribution in [-0.2, 0) is 16.6 Å². The summed E-state index contributed by atoms with van der Waals surface area (Å²) >= 11 is 0. The van der Waals surface area contributed by atoms with E-state index in [4.69, 9.17) is 4.74 Å². The first-order valence-corrected chi connectivity index (χ1v) is 8.37. The molecule has 1 saturated heterocycles. The van der Waals surface area contributed by atoms with Gasteiger partial charge < -0.3 is 15.0 Å². The van der Waals surface area contributed by atoms with Gasteiger partial charge in [-0.05, 0) is 25.0 Å². The van der Waals surface area contributed by atoms with E-state index >= 15 is 0 Å². The Morgan fingerprint density at radius 3 is 2.60 bits per heavy atom. The van der Waals surface area contributed by atoms with Crippen LogP contribution in [0, 0.1) is 5.92 Å².